The Kier molecular flexibility index (Phi) is 4.16. The number of carbonyl (C=O) groups excluding carboxylic acids is 1. The number of aromatic nitrogens is 2. The molecule has 2 heterocycles. The number of hydrogen-bond acceptors (Lipinski definition) is 5. The molecule has 0 spiro atoms. The van der Waals surface area contributed by atoms with Gasteiger partial charge in [0.2, 0.25) is 0 Å². The highest BCUT2D eigenvalue weighted by Gasteiger charge is 2.29. The third-order valence-corrected chi connectivity index (χ3v) is 5.03. The highest BCUT2D eigenvalue weighted by atomic mass is 32.1. The lowest BCUT2D eigenvalue weighted by Crippen LogP contribution is -2.32. The van der Waals surface area contributed by atoms with Crippen molar-refractivity contribution in [1.29, 1.82) is 0 Å². The van der Waals surface area contributed by atoms with Gasteiger partial charge in [0, 0.05) is 22.7 Å². The molecule has 3 rings (SSSR count). The quantitative estimate of drug-likeness (QED) is 0.680. The van der Waals surface area contributed by atoms with E-state index in [1.54, 1.807) is 0 Å². The van der Waals surface area contributed by atoms with E-state index in [2.05, 4.69) is 31.2 Å². The lowest BCUT2D eigenvalue weighted by molar-refractivity contribution is -0.380. The average Bonchev–Trinajstić information content (AvgIpc) is 3.14. The van der Waals surface area contributed by atoms with E-state index in [1.807, 2.05) is 10.9 Å². The van der Waals surface area contributed by atoms with Crippen LogP contribution in [0, 0.1) is 10.1 Å². The average molecular weight is 348 g/mol. The van der Waals surface area contributed by atoms with E-state index in [0.29, 0.717) is 5.56 Å². The molecule has 1 N–H and O–H groups in total. The van der Waals surface area contributed by atoms with Gasteiger partial charge in [0.25, 0.3) is 5.91 Å². The number of nitrogens with one attached hydrogen (secondary N) is 1. The van der Waals surface area contributed by atoms with Crippen LogP contribution in [0.25, 0.3) is 0 Å². The van der Waals surface area contributed by atoms with Gasteiger partial charge in [-0.3, -0.25) is 19.6 Å². The first-order valence-corrected chi connectivity index (χ1v) is 8.76. The first kappa shape index (κ1) is 16.6. The summed E-state index contributed by atoms with van der Waals surface area (Å²) in [5, 5.41) is 19.8. The summed E-state index contributed by atoms with van der Waals surface area (Å²) in [6.45, 7) is 6.31. The van der Waals surface area contributed by atoms with Crippen molar-refractivity contribution in [1.82, 2.24) is 15.1 Å². The predicted molar refractivity (Wildman–Crippen MR) is 91.3 cm³/mol. The molecule has 1 amide bonds. The van der Waals surface area contributed by atoms with E-state index in [4.69, 9.17) is 0 Å². The molecule has 0 saturated heterocycles. The minimum atomic E-state index is -0.479. The van der Waals surface area contributed by atoms with Crippen molar-refractivity contribution in [3.8, 4) is 0 Å². The van der Waals surface area contributed by atoms with Crippen molar-refractivity contribution in [2.45, 2.75) is 51.6 Å². The van der Waals surface area contributed by atoms with Crippen molar-refractivity contribution >= 4 is 22.2 Å². The summed E-state index contributed by atoms with van der Waals surface area (Å²) in [5.74, 6) is -0.277. The van der Waals surface area contributed by atoms with Crippen LogP contribution in [0.1, 0.15) is 61.3 Å². The third kappa shape index (κ3) is 3.06. The fraction of sp³-hybridized carbons (Fsp3) is 0.500. The Morgan fingerprint density at radius 1 is 1.50 bits per heavy atom. The van der Waals surface area contributed by atoms with E-state index in [0.717, 1.165) is 41.9 Å². The molecule has 0 radical (unpaired) electrons. The van der Waals surface area contributed by atoms with Crippen LogP contribution in [-0.4, -0.2) is 20.6 Å². The summed E-state index contributed by atoms with van der Waals surface area (Å²) >= 11 is 0.965. The SMILES string of the molecule is CC(C)(C)n1ncc2c1CCCC2NC(=O)c1csc([N+](=O)[O-])c1. The van der Waals surface area contributed by atoms with Crippen LogP contribution in [0.3, 0.4) is 0 Å². The van der Waals surface area contributed by atoms with Crippen LogP contribution in [0.2, 0.25) is 0 Å². The topological polar surface area (TPSA) is 90.1 Å². The molecule has 2 aromatic heterocycles. The maximum Gasteiger partial charge on any atom is 0.324 e. The summed E-state index contributed by atoms with van der Waals surface area (Å²) in [7, 11) is 0. The van der Waals surface area contributed by atoms with Crippen molar-refractivity contribution < 1.29 is 9.72 Å². The zero-order valence-electron chi connectivity index (χ0n) is 13.9. The molecule has 0 saturated carbocycles. The second-order valence-corrected chi connectivity index (χ2v) is 7.87. The second-order valence-electron chi connectivity index (χ2n) is 6.98. The molecule has 0 aliphatic heterocycles. The molecule has 7 nitrogen and oxygen atoms in total. The Bertz CT molecular complexity index is 788. The van der Waals surface area contributed by atoms with E-state index in [1.165, 1.54) is 11.4 Å². The number of nitrogens with zero attached hydrogens (tertiary/aromatic N) is 3. The number of carbonyl (C=O) groups is 1. The number of thiophene rings is 1. The molecular weight excluding hydrogens is 328 g/mol. The summed E-state index contributed by atoms with van der Waals surface area (Å²) in [6, 6.07) is 1.22. The molecular formula is C16H20N4O3S. The lowest BCUT2D eigenvalue weighted by atomic mass is 9.92. The van der Waals surface area contributed by atoms with E-state index < -0.39 is 4.92 Å². The van der Waals surface area contributed by atoms with Crippen LogP contribution in [0.4, 0.5) is 5.00 Å². The van der Waals surface area contributed by atoms with Gasteiger partial charge < -0.3 is 5.32 Å². The minimum Gasteiger partial charge on any atom is -0.345 e. The molecule has 24 heavy (non-hydrogen) atoms. The van der Waals surface area contributed by atoms with Crippen LogP contribution >= 0.6 is 11.3 Å². The van der Waals surface area contributed by atoms with Gasteiger partial charge in [0.05, 0.1) is 28.3 Å². The summed E-state index contributed by atoms with van der Waals surface area (Å²) in [4.78, 5) is 22.7. The predicted octanol–water partition coefficient (Wildman–Crippen LogP) is 3.42. The molecule has 1 aliphatic carbocycles. The summed E-state index contributed by atoms with van der Waals surface area (Å²) in [6.07, 6.45) is 4.61. The van der Waals surface area contributed by atoms with Crippen molar-refractivity contribution in [2.24, 2.45) is 0 Å². The van der Waals surface area contributed by atoms with Gasteiger partial charge in [-0.25, -0.2) is 0 Å². The number of fused-ring (bicyclic) bond motifs is 1. The standard InChI is InChI=1S/C16H20N4O3S/c1-16(2,3)19-13-6-4-5-12(11(13)8-17-19)18-15(21)10-7-14(20(22)23)24-9-10/h7-9,12H,4-6H2,1-3H3,(H,18,21). The third-order valence-electron chi connectivity index (χ3n) is 4.15. The number of amides is 1. The molecule has 8 heteroatoms. The van der Waals surface area contributed by atoms with E-state index >= 15 is 0 Å². The molecule has 0 aromatic carbocycles. The van der Waals surface area contributed by atoms with E-state index in [-0.39, 0.29) is 22.5 Å². The molecule has 1 unspecified atom stereocenters. The van der Waals surface area contributed by atoms with Gasteiger partial charge in [-0.1, -0.05) is 11.3 Å². The van der Waals surface area contributed by atoms with Gasteiger partial charge in [-0.05, 0) is 40.0 Å². The van der Waals surface area contributed by atoms with Crippen molar-refractivity contribution in [3.63, 3.8) is 0 Å². The molecule has 1 atom stereocenters. The monoisotopic (exact) mass is 348 g/mol. The number of nitro groups is 1. The van der Waals surface area contributed by atoms with Crippen LogP contribution < -0.4 is 5.32 Å². The fourth-order valence-electron chi connectivity index (χ4n) is 3.07. The van der Waals surface area contributed by atoms with Gasteiger partial charge >= 0.3 is 5.00 Å². The lowest BCUT2D eigenvalue weighted by Gasteiger charge is -2.28. The zero-order chi connectivity index (χ0) is 17.5. The Morgan fingerprint density at radius 3 is 2.88 bits per heavy atom. The Balaban J connectivity index is 1.81. The molecule has 1 aliphatic rings. The zero-order valence-corrected chi connectivity index (χ0v) is 14.7. The maximum atomic E-state index is 12.4. The van der Waals surface area contributed by atoms with Gasteiger partial charge in [-0.2, -0.15) is 5.10 Å². The normalized spacial score (nSPS) is 17.4. The van der Waals surface area contributed by atoms with E-state index in [9.17, 15) is 14.9 Å². The van der Waals surface area contributed by atoms with Crippen LogP contribution in [0.5, 0.6) is 0 Å². The molecule has 0 fully saturated rings. The minimum absolute atomic E-state index is 0.0231. The first-order valence-electron chi connectivity index (χ1n) is 7.88. The smallest absolute Gasteiger partial charge is 0.324 e. The largest absolute Gasteiger partial charge is 0.345 e. The number of rotatable bonds is 3. The highest BCUT2D eigenvalue weighted by molar-refractivity contribution is 7.13. The first-order chi connectivity index (χ1) is 11.3. The van der Waals surface area contributed by atoms with Gasteiger partial charge in [0.15, 0.2) is 0 Å². The van der Waals surface area contributed by atoms with Crippen LogP contribution in [-0.2, 0) is 12.0 Å². The van der Waals surface area contributed by atoms with Crippen LogP contribution in [0.15, 0.2) is 17.6 Å². The molecule has 0 bridgehead atoms. The Labute approximate surface area is 143 Å². The fourth-order valence-corrected chi connectivity index (χ4v) is 3.77. The summed E-state index contributed by atoms with van der Waals surface area (Å²) < 4.78 is 2.02. The van der Waals surface area contributed by atoms with Gasteiger partial charge in [-0.15, -0.1) is 0 Å². The Hall–Kier alpha value is -2.22. The Morgan fingerprint density at radius 2 is 2.25 bits per heavy atom. The van der Waals surface area contributed by atoms with Crippen molar-refractivity contribution in [2.75, 3.05) is 0 Å². The van der Waals surface area contributed by atoms with Gasteiger partial charge in [0.1, 0.15) is 0 Å². The molecule has 128 valence electrons. The highest BCUT2D eigenvalue weighted by Crippen LogP contribution is 2.33. The maximum absolute atomic E-state index is 12.4. The molecule has 2 aromatic rings. The second kappa shape index (κ2) is 6.01. The summed E-state index contributed by atoms with van der Waals surface area (Å²) in [5.41, 5.74) is 2.44. The number of hydrogen-bond donors (Lipinski definition) is 1. The van der Waals surface area contributed by atoms with Crippen molar-refractivity contribution in [3.05, 3.63) is 44.6 Å².